The average Bonchev–Trinajstić information content (AvgIpc) is 2.82. The summed E-state index contributed by atoms with van der Waals surface area (Å²) in [5, 5.41) is 1.14. The van der Waals surface area contributed by atoms with Crippen molar-refractivity contribution in [2.45, 2.75) is 6.54 Å². The molecule has 1 heterocycles. The van der Waals surface area contributed by atoms with Crippen LogP contribution >= 0.6 is 38.5 Å². The largest absolute Gasteiger partial charge is 0.340 e. The van der Waals surface area contributed by atoms with Crippen LogP contribution in [0.5, 0.6) is 0 Å². The van der Waals surface area contributed by atoms with Crippen LogP contribution in [0.15, 0.2) is 59.2 Å². The Morgan fingerprint density at radius 1 is 1.10 bits per heavy atom. The molecule has 4 heteroatoms. The fraction of sp³-hybridized carbons (Fsp3) is 0.0625. The van der Waals surface area contributed by atoms with Crippen LogP contribution in [-0.4, -0.2) is 10.4 Å². The van der Waals surface area contributed by atoms with E-state index in [0.717, 1.165) is 24.5 Å². The number of aromatic nitrogens is 1. The highest BCUT2D eigenvalue weighted by molar-refractivity contribution is 14.1. The molecule has 2 aromatic carbocycles. The maximum atomic E-state index is 12.3. The van der Waals surface area contributed by atoms with Crippen LogP contribution < -0.4 is 0 Å². The quantitative estimate of drug-likeness (QED) is 0.420. The first-order valence-electron chi connectivity index (χ1n) is 6.17. The van der Waals surface area contributed by atoms with Crippen molar-refractivity contribution in [2.75, 3.05) is 0 Å². The summed E-state index contributed by atoms with van der Waals surface area (Å²) in [5.74, 6) is 0.124. The number of ketones is 1. The van der Waals surface area contributed by atoms with Crippen molar-refractivity contribution in [3.63, 3.8) is 0 Å². The van der Waals surface area contributed by atoms with Crippen molar-refractivity contribution in [3.05, 3.63) is 68.3 Å². The number of nitrogens with zero attached hydrogens (tertiary/aromatic N) is 1. The van der Waals surface area contributed by atoms with Crippen molar-refractivity contribution < 1.29 is 4.79 Å². The number of rotatable bonds is 3. The third-order valence-corrected chi connectivity index (χ3v) is 4.43. The lowest BCUT2D eigenvalue weighted by Gasteiger charge is -2.05. The van der Waals surface area contributed by atoms with Crippen LogP contribution in [0.4, 0.5) is 0 Å². The molecule has 0 atom stereocenters. The molecule has 0 radical (unpaired) electrons. The van der Waals surface area contributed by atoms with Gasteiger partial charge in [0.15, 0.2) is 5.78 Å². The first-order valence-corrected chi connectivity index (χ1v) is 8.04. The molecule has 3 rings (SSSR count). The molecular formula is C16H11BrINO. The zero-order chi connectivity index (χ0) is 14.1. The van der Waals surface area contributed by atoms with E-state index in [2.05, 4.69) is 38.5 Å². The Balaban J connectivity index is 1.91. The van der Waals surface area contributed by atoms with E-state index in [4.69, 9.17) is 0 Å². The maximum Gasteiger partial charge on any atom is 0.182 e. The number of halogens is 2. The number of Topliss-reactive ketones (excluding diaryl/α,β-unsaturated/α-hetero) is 1. The zero-order valence-corrected chi connectivity index (χ0v) is 14.3. The second-order valence-corrected chi connectivity index (χ2v) is 6.74. The Morgan fingerprint density at radius 3 is 2.60 bits per heavy atom. The molecule has 0 unspecified atom stereocenters. The molecule has 0 fully saturated rings. The lowest BCUT2D eigenvalue weighted by Crippen LogP contribution is -2.09. The van der Waals surface area contributed by atoms with Gasteiger partial charge < -0.3 is 4.57 Å². The SMILES string of the molecule is O=C(Cn1ccc2ccc(Br)cc21)c1ccc(I)cc1. The summed E-state index contributed by atoms with van der Waals surface area (Å²) in [6.45, 7) is 0.362. The van der Waals surface area contributed by atoms with Crippen LogP contribution in [0.3, 0.4) is 0 Å². The average molecular weight is 440 g/mol. The van der Waals surface area contributed by atoms with Crippen LogP contribution in [0.25, 0.3) is 10.9 Å². The molecule has 0 aliphatic carbocycles. The molecule has 1 aromatic heterocycles. The molecule has 3 aromatic rings. The molecule has 0 N–H and O–H groups in total. The first-order chi connectivity index (χ1) is 9.63. The van der Waals surface area contributed by atoms with E-state index in [9.17, 15) is 4.79 Å². The Hall–Kier alpha value is -1.14. The minimum absolute atomic E-state index is 0.124. The fourth-order valence-electron chi connectivity index (χ4n) is 2.18. The van der Waals surface area contributed by atoms with Gasteiger partial charge in [-0.25, -0.2) is 0 Å². The monoisotopic (exact) mass is 439 g/mol. The Kier molecular flexibility index (Phi) is 3.94. The van der Waals surface area contributed by atoms with E-state index in [-0.39, 0.29) is 5.78 Å². The summed E-state index contributed by atoms with van der Waals surface area (Å²) in [4.78, 5) is 12.3. The summed E-state index contributed by atoms with van der Waals surface area (Å²) in [7, 11) is 0. The van der Waals surface area contributed by atoms with Gasteiger partial charge in [0.05, 0.1) is 6.54 Å². The van der Waals surface area contributed by atoms with Crippen molar-refractivity contribution in [1.29, 1.82) is 0 Å². The minimum Gasteiger partial charge on any atom is -0.340 e. The molecule has 0 saturated carbocycles. The number of benzene rings is 2. The van der Waals surface area contributed by atoms with Gasteiger partial charge in [0.2, 0.25) is 0 Å². The predicted molar refractivity (Wildman–Crippen MR) is 93.1 cm³/mol. The van der Waals surface area contributed by atoms with Crippen LogP contribution in [-0.2, 0) is 6.54 Å². The number of hydrogen-bond acceptors (Lipinski definition) is 1. The maximum absolute atomic E-state index is 12.3. The van der Waals surface area contributed by atoms with E-state index in [1.165, 1.54) is 0 Å². The lowest BCUT2D eigenvalue weighted by atomic mass is 10.1. The van der Waals surface area contributed by atoms with Crippen LogP contribution in [0.1, 0.15) is 10.4 Å². The van der Waals surface area contributed by atoms with Gasteiger partial charge >= 0.3 is 0 Å². The zero-order valence-electron chi connectivity index (χ0n) is 10.5. The third-order valence-electron chi connectivity index (χ3n) is 3.22. The molecule has 0 aliphatic rings. The van der Waals surface area contributed by atoms with Crippen molar-refractivity contribution in [2.24, 2.45) is 0 Å². The molecule has 0 amide bonds. The van der Waals surface area contributed by atoms with Crippen molar-refractivity contribution in [1.82, 2.24) is 4.57 Å². The lowest BCUT2D eigenvalue weighted by molar-refractivity contribution is 0.0973. The minimum atomic E-state index is 0.124. The molecular weight excluding hydrogens is 429 g/mol. The van der Waals surface area contributed by atoms with Gasteiger partial charge in [0, 0.05) is 25.3 Å². The second kappa shape index (κ2) is 5.69. The standard InChI is InChI=1S/C16H11BrINO/c17-13-4-1-11-7-8-19(15(11)9-13)10-16(20)12-2-5-14(18)6-3-12/h1-9H,10H2. The molecule has 100 valence electrons. The van der Waals surface area contributed by atoms with Gasteiger partial charge in [-0.15, -0.1) is 0 Å². The van der Waals surface area contributed by atoms with Gasteiger partial charge in [0.25, 0.3) is 0 Å². The smallest absolute Gasteiger partial charge is 0.182 e. The summed E-state index contributed by atoms with van der Waals surface area (Å²) in [5.41, 5.74) is 1.82. The molecule has 0 saturated heterocycles. The van der Waals surface area contributed by atoms with Gasteiger partial charge in [-0.3, -0.25) is 4.79 Å². The van der Waals surface area contributed by atoms with Crippen molar-refractivity contribution >= 4 is 55.2 Å². The highest BCUT2D eigenvalue weighted by Crippen LogP contribution is 2.21. The van der Waals surface area contributed by atoms with Gasteiger partial charge in [0.1, 0.15) is 0 Å². The first kappa shape index (κ1) is 13.8. The Labute approximate surface area is 139 Å². The number of carbonyl (C=O) groups excluding carboxylic acids is 1. The normalized spacial score (nSPS) is 10.9. The molecule has 0 bridgehead atoms. The molecule has 20 heavy (non-hydrogen) atoms. The van der Waals surface area contributed by atoms with E-state index in [0.29, 0.717) is 6.54 Å². The van der Waals surface area contributed by atoms with Crippen LogP contribution in [0.2, 0.25) is 0 Å². The fourth-order valence-corrected chi connectivity index (χ4v) is 2.89. The summed E-state index contributed by atoms with van der Waals surface area (Å²) in [6.07, 6.45) is 1.96. The third kappa shape index (κ3) is 2.81. The second-order valence-electron chi connectivity index (χ2n) is 4.58. The van der Waals surface area contributed by atoms with Gasteiger partial charge in [-0.1, -0.05) is 34.1 Å². The summed E-state index contributed by atoms with van der Waals surface area (Å²) >= 11 is 5.71. The van der Waals surface area contributed by atoms with Gasteiger partial charge in [-0.2, -0.15) is 0 Å². The van der Waals surface area contributed by atoms with E-state index < -0.39 is 0 Å². The van der Waals surface area contributed by atoms with E-state index >= 15 is 0 Å². The van der Waals surface area contributed by atoms with Gasteiger partial charge in [-0.05, 0) is 58.3 Å². The summed E-state index contributed by atoms with van der Waals surface area (Å²) < 4.78 is 4.14. The number of fused-ring (bicyclic) bond motifs is 1. The number of carbonyl (C=O) groups is 1. The van der Waals surface area contributed by atoms with E-state index in [1.807, 2.05) is 59.3 Å². The molecule has 0 aliphatic heterocycles. The molecule has 0 spiro atoms. The predicted octanol–water partition coefficient (Wildman–Crippen LogP) is 4.89. The topological polar surface area (TPSA) is 22.0 Å². The van der Waals surface area contributed by atoms with Crippen LogP contribution in [0, 0.1) is 3.57 Å². The molecule has 2 nitrogen and oxygen atoms in total. The van der Waals surface area contributed by atoms with E-state index in [1.54, 1.807) is 0 Å². The highest BCUT2D eigenvalue weighted by Gasteiger charge is 2.09. The Bertz CT molecular complexity index is 777. The Morgan fingerprint density at radius 2 is 1.85 bits per heavy atom. The number of hydrogen-bond donors (Lipinski definition) is 0. The summed E-state index contributed by atoms with van der Waals surface area (Å²) in [6, 6.07) is 15.8. The highest BCUT2D eigenvalue weighted by atomic mass is 127. The van der Waals surface area contributed by atoms with Crippen molar-refractivity contribution in [3.8, 4) is 0 Å².